The first-order chi connectivity index (χ1) is 47.6. The van der Waals surface area contributed by atoms with Crippen molar-refractivity contribution in [2.24, 2.45) is 11.3 Å². The molecule has 38 heteroatoms. The number of hydrogen-bond donors (Lipinski definition) is 8. The molecular weight excluding hydrogens is 1490 g/mol. The summed E-state index contributed by atoms with van der Waals surface area (Å²) >= 11 is 22.7. The number of benzene rings is 4. The van der Waals surface area contributed by atoms with E-state index in [0.29, 0.717) is 62.0 Å². The molecule has 11 rings (SSSR count). The number of anilines is 8. The van der Waals surface area contributed by atoms with E-state index in [1.807, 2.05) is 6.92 Å². The highest BCUT2D eigenvalue weighted by Gasteiger charge is 2.38. The smallest absolute Gasteiger partial charge is 0.255 e. The zero-order valence-corrected chi connectivity index (χ0v) is 59.0. The molecule has 3 aliphatic rings. The molecule has 0 unspecified atom stereocenters. The predicted molar refractivity (Wildman–Crippen MR) is 376 cm³/mol. The molecule has 0 radical (unpaired) electrons. The Morgan fingerprint density at radius 1 is 0.446 bits per heavy atom. The second kappa shape index (κ2) is 34.2. The number of halogens is 8. The van der Waals surface area contributed by atoms with Crippen LogP contribution in [0.25, 0.3) is 0 Å². The number of pyridine rings is 4. The molecule has 4 aromatic carbocycles. The third-order valence-electron chi connectivity index (χ3n) is 14.1. The third-order valence-corrected chi connectivity index (χ3v) is 20.7. The van der Waals surface area contributed by atoms with Gasteiger partial charge in [0.05, 0.1) is 56.3 Å². The van der Waals surface area contributed by atoms with Gasteiger partial charge >= 0.3 is 0 Å². The number of aromatic nitrogens is 4. The van der Waals surface area contributed by atoms with E-state index in [-0.39, 0.29) is 83.0 Å². The van der Waals surface area contributed by atoms with Gasteiger partial charge in [-0.25, -0.2) is 71.2 Å². The first-order valence-corrected chi connectivity index (χ1v) is 37.9. The Hall–Kier alpha value is -8.84. The number of sulfonamides is 4. The van der Waals surface area contributed by atoms with Crippen molar-refractivity contribution in [2.75, 3.05) is 84.3 Å². The number of amides is 4. The quantitative estimate of drug-likeness (QED) is 0.0310. The molecule has 2 aliphatic heterocycles. The molecular formula is C63H60Cl4F4N12O14S4. The van der Waals surface area contributed by atoms with Gasteiger partial charge in [0.1, 0.15) is 46.5 Å². The SMILES string of the molecule is CC1(CS(=O)(=O)Nc2cc(C(=O)Nc3ccc(F)c(Cl)c3)ccn2)COC1.CS(=O)(=O)Nc1cc(C(=O)Nc2ccc(F)c(Cl)c2)ccn1.O=C(Nc1ccc(F)c(Cl)c1)c1ccnc(NS(=O)(=O)C2CCOCC2)c1.O=C(Nc1ccc(F)c(Cl)c1)c1ccnc(NS(=O)(=O)CC2CC2)c1. The standard InChI is InChI=1S/2C17H17ClFN3O4S.C16H15ClFN3O3S.C13H11ClFN3O3S/c1-17(8-26-9-17)10-27(24,25)22-15-6-11(4-5-20-15)16(23)21-12-2-3-14(19)13(18)7-12;18-14-10-12(1-2-15(14)19)21-17(23)11-3-6-20-16(9-11)22-27(24,25)13-4-7-26-8-5-13;17-13-8-12(3-4-14(13)18)20-16(22)11-5-6-19-15(7-11)21-25(23,24)9-10-1-2-10;1-22(20,21)18-12-6-8(4-5-16-12)13(19)17-9-2-3-11(15)10(14)7-9/h2-7H,8-10H2,1H3,(H,20,22)(H,21,23);1-3,6,9-10,13H,4-5,7-8H2,(H,20,22)(H,21,23);3-8,10H,1-2,9H2,(H,19,21)(H,20,22);2-7H,1H3,(H,16,18)(H,17,19). The van der Waals surface area contributed by atoms with E-state index in [0.717, 1.165) is 43.4 Å². The molecule has 26 nitrogen and oxygen atoms in total. The zero-order chi connectivity index (χ0) is 73.5. The number of ether oxygens (including phenoxy) is 2. The molecule has 536 valence electrons. The highest BCUT2D eigenvalue weighted by Crippen LogP contribution is 2.32. The van der Waals surface area contributed by atoms with Crippen molar-refractivity contribution in [3.05, 3.63) is 212 Å². The van der Waals surface area contributed by atoms with Crippen molar-refractivity contribution in [3.63, 3.8) is 0 Å². The predicted octanol–water partition coefficient (Wildman–Crippen LogP) is 11.7. The minimum absolute atomic E-state index is 0.0206. The maximum absolute atomic E-state index is 13.2. The van der Waals surface area contributed by atoms with Crippen molar-refractivity contribution in [1.82, 2.24) is 19.9 Å². The molecule has 1 saturated carbocycles. The van der Waals surface area contributed by atoms with Gasteiger partial charge < -0.3 is 30.7 Å². The Morgan fingerprint density at radius 2 is 0.762 bits per heavy atom. The molecule has 3 fully saturated rings. The Kier molecular flexibility index (Phi) is 26.4. The second-order valence-electron chi connectivity index (χ2n) is 22.9. The monoisotopic (exact) mass is 1550 g/mol. The lowest BCUT2D eigenvalue weighted by molar-refractivity contribution is -0.0869. The Morgan fingerprint density at radius 3 is 1.06 bits per heavy atom. The molecule has 0 atom stereocenters. The lowest BCUT2D eigenvalue weighted by atomic mass is 9.92. The molecule has 8 aromatic rings. The van der Waals surface area contributed by atoms with E-state index in [2.05, 4.69) is 60.1 Å². The van der Waals surface area contributed by atoms with Crippen molar-refractivity contribution in [3.8, 4) is 0 Å². The summed E-state index contributed by atoms with van der Waals surface area (Å²) in [5.41, 5.74) is 1.59. The molecule has 101 heavy (non-hydrogen) atoms. The van der Waals surface area contributed by atoms with E-state index in [1.54, 1.807) is 0 Å². The lowest BCUT2D eigenvalue weighted by Gasteiger charge is -2.37. The van der Waals surface area contributed by atoms with Gasteiger partial charge in [0.15, 0.2) is 0 Å². The molecule has 6 heterocycles. The van der Waals surface area contributed by atoms with E-state index in [9.17, 15) is 70.4 Å². The van der Waals surface area contributed by atoms with Crippen LogP contribution in [0, 0.1) is 34.6 Å². The molecule has 1 aliphatic carbocycles. The molecule has 8 N–H and O–H groups in total. The number of hydrogen-bond acceptors (Lipinski definition) is 18. The van der Waals surface area contributed by atoms with E-state index in [1.165, 1.54) is 122 Å². The van der Waals surface area contributed by atoms with Gasteiger partial charge in [-0.3, -0.25) is 38.1 Å². The minimum atomic E-state index is -3.65. The number of nitrogens with one attached hydrogen (secondary N) is 8. The van der Waals surface area contributed by atoms with Crippen molar-refractivity contribution >= 4 is 156 Å². The molecule has 0 spiro atoms. The average Bonchev–Trinajstić information content (AvgIpc) is 1.10. The van der Waals surface area contributed by atoms with Crippen LogP contribution < -0.4 is 40.2 Å². The summed E-state index contributed by atoms with van der Waals surface area (Å²) in [5.74, 6) is -4.07. The molecule has 4 aromatic heterocycles. The zero-order valence-electron chi connectivity index (χ0n) is 52.7. The maximum Gasteiger partial charge on any atom is 0.255 e. The molecule has 0 bridgehead atoms. The first-order valence-electron chi connectivity index (χ1n) is 29.6. The molecule has 2 saturated heterocycles. The topological polar surface area (TPSA) is 371 Å². The van der Waals surface area contributed by atoms with Crippen molar-refractivity contribution in [1.29, 1.82) is 0 Å². The summed E-state index contributed by atoms with van der Waals surface area (Å²) < 4.78 is 168. The molecule has 4 amide bonds. The highest BCUT2D eigenvalue weighted by molar-refractivity contribution is 7.93. The van der Waals surface area contributed by atoms with Gasteiger partial charge in [-0.15, -0.1) is 0 Å². The van der Waals surface area contributed by atoms with Crippen LogP contribution in [0.2, 0.25) is 20.1 Å². The third kappa shape index (κ3) is 24.7. The Balaban J connectivity index is 0.000000172. The van der Waals surface area contributed by atoms with Gasteiger partial charge in [-0.05, 0) is 153 Å². The van der Waals surface area contributed by atoms with E-state index < -0.39 is 97.7 Å². The van der Waals surface area contributed by atoms with Crippen LogP contribution in [0.1, 0.15) is 74.0 Å². The van der Waals surface area contributed by atoms with Crippen LogP contribution in [-0.2, 0) is 49.6 Å². The van der Waals surface area contributed by atoms with Gasteiger partial charge in [0.25, 0.3) is 23.6 Å². The lowest BCUT2D eigenvalue weighted by Crippen LogP contribution is -2.46. The average molecular weight is 1560 g/mol. The first kappa shape index (κ1) is 77.9. The second-order valence-corrected chi connectivity index (χ2v) is 31.7. The van der Waals surface area contributed by atoms with Gasteiger partial charge in [0.2, 0.25) is 40.1 Å². The minimum Gasteiger partial charge on any atom is -0.381 e. The van der Waals surface area contributed by atoms with Crippen LogP contribution in [-0.4, -0.2) is 127 Å². The van der Waals surface area contributed by atoms with Crippen LogP contribution in [0.15, 0.2) is 146 Å². The number of carbonyl (C=O) groups excluding carboxylic acids is 4. The van der Waals surface area contributed by atoms with Crippen LogP contribution >= 0.6 is 46.4 Å². The summed E-state index contributed by atoms with van der Waals surface area (Å²) in [6.45, 7) is 3.36. The van der Waals surface area contributed by atoms with E-state index in [4.69, 9.17) is 55.9 Å². The highest BCUT2D eigenvalue weighted by atomic mass is 35.5. The maximum atomic E-state index is 13.2. The number of rotatable bonds is 21. The number of carbonyl (C=O) groups is 4. The normalized spacial score (nSPS) is 14.2. The largest absolute Gasteiger partial charge is 0.381 e. The summed E-state index contributed by atoms with van der Waals surface area (Å²) in [5, 5.41) is 9.18. The van der Waals surface area contributed by atoms with Gasteiger partial charge in [-0.1, -0.05) is 53.3 Å². The van der Waals surface area contributed by atoms with Crippen LogP contribution in [0.3, 0.4) is 0 Å². The Bertz CT molecular complexity index is 4880. The summed E-state index contributed by atoms with van der Waals surface area (Å²) in [6, 6.07) is 26.1. The fourth-order valence-electron chi connectivity index (χ4n) is 9.01. The van der Waals surface area contributed by atoms with Crippen LogP contribution in [0.4, 0.5) is 63.6 Å². The number of nitrogens with zero attached hydrogens (tertiary/aromatic N) is 4. The summed E-state index contributed by atoms with van der Waals surface area (Å²) in [4.78, 5) is 64.7. The van der Waals surface area contributed by atoms with E-state index >= 15 is 0 Å². The van der Waals surface area contributed by atoms with Crippen LogP contribution in [0.5, 0.6) is 0 Å². The van der Waals surface area contributed by atoms with Gasteiger partial charge in [-0.2, -0.15) is 0 Å². The van der Waals surface area contributed by atoms with Gasteiger partial charge in [0, 0.05) is 88.4 Å². The van der Waals surface area contributed by atoms with Crippen molar-refractivity contribution in [2.45, 2.75) is 37.9 Å². The fourth-order valence-corrected chi connectivity index (χ4v) is 14.7. The fraction of sp³-hybridized carbons (Fsp3) is 0.238. The van der Waals surface area contributed by atoms with Crippen molar-refractivity contribution < 1.29 is 79.9 Å². The Labute approximate surface area is 597 Å². The summed E-state index contributed by atoms with van der Waals surface area (Å²) in [6.07, 6.45) is 8.88. The summed E-state index contributed by atoms with van der Waals surface area (Å²) in [7, 11) is -14.3.